The van der Waals surface area contributed by atoms with Crippen molar-refractivity contribution in [3.05, 3.63) is 30.0 Å². The third-order valence-electron chi connectivity index (χ3n) is 6.33. The van der Waals surface area contributed by atoms with Gasteiger partial charge in [-0.25, -0.2) is 8.42 Å². The van der Waals surface area contributed by atoms with Crippen LogP contribution >= 0.6 is 0 Å². The molecule has 0 aliphatic carbocycles. The summed E-state index contributed by atoms with van der Waals surface area (Å²) in [5.41, 5.74) is 1.41. The first-order chi connectivity index (χ1) is 14.7. The van der Waals surface area contributed by atoms with E-state index in [-0.39, 0.29) is 12.0 Å². The maximum absolute atomic E-state index is 12.9. The molecule has 0 bridgehead atoms. The molecule has 1 aromatic heterocycles. The van der Waals surface area contributed by atoms with Crippen LogP contribution in [0.3, 0.4) is 0 Å². The molecular formula is C22H32N4O4S. The molecule has 170 valence electrons. The molecule has 0 saturated carbocycles. The Labute approximate surface area is 184 Å². The number of nitrogens with one attached hydrogen (secondary N) is 1. The third kappa shape index (κ3) is 5.05. The molecule has 2 saturated heterocycles. The van der Waals surface area contributed by atoms with Crippen LogP contribution < -0.4 is 4.74 Å². The predicted molar refractivity (Wildman–Crippen MR) is 121 cm³/mol. The molecule has 31 heavy (non-hydrogen) atoms. The molecule has 1 N–H and O–H groups in total. The summed E-state index contributed by atoms with van der Waals surface area (Å²) in [6.45, 7) is 8.02. The average Bonchev–Trinajstić information content (AvgIpc) is 3.16. The smallest absolute Gasteiger partial charge is 0.270 e. The Balaban J connectivity index is 1.39. The number of carbonyl (C=O) groups excluding carboxylic acids is 1. The lowest BCUT2D eigenvalue weighted by molar-refractivity contribution is 0.0693. The van der Waals surface area contributed by atoms with Gasteiger partial charge in [-0.3, -0.25) is 4.79 Å². The van der Waals surface area contributed by atoms with E-state index < -0.39 is 10.0 Å². The van der Waals surface area contributed by atoms with Crippen LogP contribution in [-0.2, 0) is 10.0 Å². The number of carbonyl (C=O) groups is 1. The highest BCUT2D eigenvalue weighted by atomic mass is 32.2. The van der Waals surface area contributed by atoms with Crippen molar-refractivity contribution >= 4 is 26.8 Å². The molecule has 0 atom stereocenters. The minimum Gasteiger partial charge on any atom is -0.490 e. The van der Waals surface area contributed by atoms with Gasteiger partial charge in [-0.05, 0) is 51.0 Å². The zero-order valence-corrected chi connectivity index (χ0v) is 19.3. The van der Waals surface area contributed by atoms with Gasteiger partial charge in [-0.1, -0.05) is 0 Å². The van der Waals surface area contributed by atoms with E-state index >= 15 is 0 Å². The zero-order chi connectivity index (χ0) is 22.2. The lowest BCUT2D eigenvalue weighted by Crippen LogP contribution is -2.50. The number of sulfonamides is 1. The second kappa shape index (κ2) is 8.80. The summed E-state index contributed by atoms with van der Waals surface area (Å²) >= 11 is 0. The van der Waals surface area contributed by atoms with Gasteiger partial charge in [-0.15, -0.1) is 0 Å². The van der Waals surface area contributed by atoms with Crippen LogP contribution in [0.2, 0.25) is 0 Å². The Kier molecular flexibility index (Phi) is 6.27. The van der Waals surface area contributed by atoms with Gasteiger partial charge < -0.3 is 19.5 Å². The molecule has 9 heteroatoms. The fourth-order valence-corrected chi connectivity index (χ4v) is 5.22. The molecule has 1 amide bonds. The number of hydrogen-bond acceptors (Lipinski definition) is 5. The van der Waals surface area contributed by atoms with Crippen molar-refractivity contribution in [2.75, 3.05) is 45.5 Å². The Morgan fingerprint density at radius 1 is 1.06 bits per heavy atom. The number of nitrogens with zero attached hydrogens (tertiary/aromatic N) is 3. The lowest BCUT2D eigenvalue weighted by atomic mass is 10.1. The molecule has 0 unspecified atom stereocenters. The molecule has 2 fully saturated rings. The first-order valence-electron chi connectivity index (χ1n) is 11.0. The van der Waals surface area contributed by atoms with Gasteiger partial charge in [0.15, 0.2) is 0 Å². The van der Waals surface area contributed by atoms with Gasteiger partial charge in [0.05, 0.1) is 6.26 Å². The zero-order valence-electron chi connectivity index (χ0n) is 18.5. The highest BCUT2D eigenvalue weighted by Crippen LogP contribution is 2.26. The number of H-pyrrole nitrogens is 1. The maximum Gasteiger partial charge on any atom is 0.270 e. The number of likely N-dealkylation sites (tertiary alicyclic amines) is 1. The number of aromatic amines is 1. The Morgan fingerprint density at radius 2 is 1.74 bits per heavy atom. The highest BCUT2D eigenvalue weighted by Gasteiger charge is 2.27. The number of aromatic nitrogens is 1. The molecule has 8 nitrogen and oxygen atoms in total. The summed E-state index contributed by atoms with van der Waals surface area (Å²) in [5, 5.41) is 0.940. The highest BCUT2D eigenvalue weighted by molar-refractivity contribution is 7.88. The largest absolute Gasteiger partial charge is 0.490 e. The van der Waals surface area contributed by atoms with Crippen LogP contribution in [0.4, 0.5) is 0 Å². The number of ether oxygens (including phenoxy) is 1. The number of hydrogen-bond donors (Lipinski definition) is 1. The van der Waals surface area contributed by atoms with Crippen molar-refractivity contribution in [2.24, 2.45) is 0 Å². The van der Waals surface area contributed by atoms with E-state index in [2.05, 4.69) is 23.7 Å². The van der Waals surface area contributed by atoms with Gasteiger partial charge in [0.25, 0.3) is 5.91 Å². The normalized spacial score (nSPS) is 19.9. The molecule has 2 aliphatic heterocycles. The van der Waals surface area contributed by atoms with Gasteiger partial charge in [-0.2, -0.15) is 4.31 Å². The van der Waals surface area contributed by atoms with Gasteiger partial charge in [0, 0.05) is 56.2 Å². The van der Waals surface area contributed by atoms with Gasteiger partial charge in [0.2, 0.25) is 10.0 Å². The summed E-state index contributed by atoms with van der Waals surface area (Å²) in [5.74, 6) is 0.725. The topological polar surface area (TPSA) is 85.9 Å². The molecule has 0 radical (unpaired) electrons. The Hall–Kier alpha value is -2.10. The summed E-state index contributed by atoms with van der Waals surface area (Å²) in [7, 11) is -3.21. The fourth-order valence-electron chi connectivity index (χ4n) is 4.39. The van der Waals surface area contributed by atoms with Gasteiger partial charge in [0.1, 0.15) is 17.5 Å². The van der Waals surface area contributed by atoms with E-state index in [1.165, 1.54) is 10.6 Å². The van der Waals surface area contributed by atoms with Crippen molar-refractivity contribution in [2.45, 2.75) is 38.8 Å². The van der Waals surface area contributed by atoms with E-state index in [4.69, 9.17) is 4.74 Å². The fraction of sp³-hybridized carbons (Fsp3) is 0.591. The van der Waals surface area contributed by atoms with Crippen LogP contribution in [0.15, 0.2) is 24.3 Å². The summed E-state index contributed by atoms with van der Waals surface area (Å²) in [6.07, 6.45) is 3.47. The summed E-state index contributed by atoms with van der Waals surface area (Å²) < 4.78 is 31.0. The second-order valence-electron chi connectivity index (χ2n) is 8.83. The molecule has 2 aliphatic rings. The van der Waals surface area contributed by atoms with E-state index in [0.717, 1.165) is 42.6 Å². The lowest BCUT2D eigenvalue weighted by Gasteiger charge is -2.34. The van der Waals surface area contributed by atoms with Crippen LogP contribution in [-0.4, -0.2) is 91.1 Å². The number of benzene rings is 1. The van der Waals surface area contributed by atoms with Crippen molar-refractivity contribution in [3.63, 3.8) is 0 Å². The molecule has 1 aromatic carbocycles. The maximum atomic E-state index is 12.9. The number of amides is 1. The Morgan fingerprint density at radius 3 is 2.35 bits per heavy atom. The molecule has 4 rings (SSSR count). The number of rotatable bonds is 5. The predicted octanol–water partition coefficient (Wildman–Crippen LogP) is 2.14. The summed E-state index contributed by atoms with van der Waals surface area (Å²) in [4.78, 5) is 20.3. The van der Waals surface area contributed by atoms with E-state index in [1.807, 2.05) is 24.3 Å². The van der Waals surface area contributed by atoms with Crippen molar-refractivity contribution < 1.29 is 17.9 Å². The first-order valence-corrected chi connectivity index (χ1v) is 12.8. The van der Waals surface area contributed by atoms with E-state index in [9.17, 15) is 13.2 Å². The van der Waals surface area contributed by atoms with Crippen molar-refractivity contribution in [1.29, 1.82) is 0 Å². The number of piperidine rings is 1. The minimum absolute atomic E-state index is 0.104. The SMILES string of the molecule is CC(C)N1CCC(Oc2ccc3[nH]c(C(=O)N4CCN(S(C)(=O)=O)CC4)cc3c2)CC1. The monoisotopic (exact) mass is 448 g/mol. The van der Waals surface area contributed by atoms with Crippen molar-refractivity contribution in [1.82, 2.24) is 19.1 Å². The molecule has 0 spiro atoms. The number of piperazine rings is 1. The second-order valence-corrected chi connectivity index (χ2v) is 10.8. The van der Waals surface area contributed by atoms with E-state index in [0.29, 0.717) is 37.9 Å². The Bertz CT molecular complexity index is 1030. The summed E-state index contributed by atoms with van der Waals surface area (Å²) in [6, 6.07) is 8.31. The van der Waals surface area contributed by atoms with Crippen LogP contribution in [0.5, 0.6) is 5.75 Å². The van der Waals surface area contributed by atoms with Crippen LogP contribution in [0.1, 0.15) is 37.2 Å². The van der Waals surface area contributed by atoms with Crippen molar-refractivity contribution in [3.8, 4) is 5.75 Å². The standard InChI is InChI=1S/C22H32N4O4S/c1-16(2)24-8-6-18(7-9-24)30-19-4-5-20-17(14-19)15-21(23-20)22(27)25-10-12-26(13-11-25)31(3,28)29/h4-5,14-16,18,23H,6-13H2,1-3H3. The average molecular weight is 449 g/mol. The molecule has 3 heterocycles. The van der Waals surface area contributed by atoms with Crippen LogP contribution in [0, 0.1) is 0 Å². The third-order valence-corrected chi connectivity index (χ3v) is 7.63. The van der Waals surface area contributed by atoms with E-state index in [1.54, 1.807) is 4.90 Å². The molecular weight excluding hydrogens is 416 g/mol. The molecule has 2 aromatic rings. The van der Waals surface area contributed by atoms with Crippen LogP contribution in [0.25, 0.3) is 10.9 Å². The minimum atomic E-state index is -3.21. The van der Waals surface area contributed by atoms with Gasteiger partial charge >= 0.3 is 0 Å². The number of fused-ring (bicyclic) bond motifs is 1. The first kappa shape index (κ1) is 22.1. The quantitative estimate of drug-likeness (QED) is 0.757.